The van der Waals surface area contributed by atoms with E-state index in [0.717, 1.165) is 64.0 Å². The van der Waals surface area contributed by atoms with E-state index in [-0.39, 0.29) is 29.8 Å². The lowest BCUT2D eigenvalue weighted by molar-refractivity contribution is -0.143. The number of likely N-dealkylation sites (N-methyl/N-ethyl adjacent to an activating group) is 1. The Bertz CT molecular complexity index is 968. The van der Waals surface area contributed by atoms with Crippen molar-refractivity contribution in [2.45, 2.75) is 71.3 Å². The molecule has 1 N–H and O–H groups in total. The Hall–Kier alpha value is -1.98. The molecule has 1 fully saturated rings. The summed E-state index contributed by atoms with van der Waals surface area (Å²) in [6, 6.07) is 8.52. The average molecular weight is 488 g/mol. The Kier molecular flexibility index (Phi) is 8.75. The zero-order valence-corrected chi connectivity index (χ0v) is 22.3. The van der Waals surface area contributed by atoms with E-state index in [0.29, 0.717) is 5.91 Å². The summed E-state index contributed by atoms with van der Waals surface area (Å²) in [7, 11) is 1.74. The molecule has 0 radical (unpaired) electrons. The van der Waals surface area contributed by atoms with Gasteiger partial charge in [0.15, 0.2) is 0 Å². The van der Waals surface area contributed by atoms with Crippen molar-refractivity contribution in [2.24, 2.45) is 5.92 Å². The quantitative estimate of drug-likeness (QED) is 0.560. The van der Waals surface area contributed by atoms with Gasteiger partial charge in [-0.15, -0.1) is 12.4 Å². The number of piperidine rings is 1. The summed E-state index contributed by atoms with van der Waals surface area (Å²) in [5, 5.41) is 0. The minimum Gasteiger partial charge on any atom is -0.497 e. The van der Waals surface area contributed by atoms with Crippen LogP contribution in [-0.2, 0) is 23.1 Å². The second-order valence-electron chi connectivity index (χ2n) is 9.95. The summed E-state index contributed by atoms with van der Waals surface area (Å²) >= 11 is 0. The topological polar surface area (TPSA) is 48.6 Å². The molecule has 4 rings (SSSR count). The average Bonchev–Trinajstić information content (AvgIpc) is 3.20. The number of aromatic amines is 1. The molecular weight excluding hydrogens is 446 g/mol. The zero-order valence-electron chi connectivity index (χ0n) is 21.5. The van der Waals surface area contributed by atoms with Crippen molar-refractivity contribution in [3.8, 4) is 5.75 Å². The maximum absolute atomic E-state index is 14.2. The molecule has 1 aromatic heterocycles. The molecule has 1 aliphatic carbocycles. The van der Waals surface area contributed by atoms with Gasteiger partial charge in [0.05, 0.1) is 13.2 Å². The minimum absolute atomic E-state index is 0. The number of hydrogen-bond donors (Lipinski definition) is 1. The van der Waals surface area contributed by atoms with Crippen LogP contribution in [0.15, 0.2) is 30.5 Å². The van der Waals surface area contributed by atoms with E-state index in [1.807, 2.05) is 6.07 Å². The van der Waals surface area contributed by atoms with Crippen molar-refractivity contribution in [3.63, 3.8) is 0 Å². The number of nitrogens with zero attached hydrogens (tertiary/aromatic N) is 2. The second kappa shape index (κ2) is 11.2. The fourth-order valence-corrected chi connectivity index (χ4v) is 6.47. The van der Waals surface area contributed by atoms with Gasteiger partial charge in [0.1, 0.15) is 5.75 Å². The van der Waals surface area contributed by atoms with Gasteiger partial charge in [0.25, 0.3) is 0 Å². The van der Waals surface area contributed by atoms with E-state index in [2.05, 4.69) is 66.9 Å². The maximum atomic E-state index is 14.2. The number of methoxy groups -OCH3 is 1. The molecule has 0 saturated carbocycles. The van der Waals surface area contributed by atoms with Crippen molar-refractivity contribution < 1.29 is 9.53 Å². The summed E-state index contributed by atoms with van der Waals surface area (Å²) in [6.45, 7) is 12.3. The molecule has 6 heteroatoms. The first-order chi connectivity index (χ1) is 16.0. The van der Waals surface area contributed by atoms with E-state index in [4.69, 9.17) is 4.74 Å². The van der Waals surface area contributed by atoms with Crippen molar-refractivity contribution in [1.82, 2.24) is 14.8 Å². The normalized spacial score (nSPS) is 24.0. The van der Waals surface area contributed by atoms with Crippen LogP contribution in [0.3, 0.4) is 0 Å². The second-order valence-corrected chi connectivity index (χ2v) is 9.95. The largest absolute Gasteiger partial charge is 0.497 e. The predicted octanol–water partition coefficient (Wildman–Crippen LogP) is 5.15. The van der Waals surface area contributed by atoms with Crippen molar-refractivity contribution in [3.05, 3.63) is 52.8 Å². The number of fused-ring (bicyclic) bond motifs is 2. The molecule has 1 amide bonds. The first-order valence-corrected chi connectivity index (χ1v) is 12.8. The molecule has 3 atom stereocenters. The molecule has 5 nitrogen and oxygen atoms in total. The molecule has 0 bridgehead atoms. The molecular formula is C28H42ClN3O2. The molecule has 1 aliphatic heterocycles. The molecule has 34 heavy (non-hydrogen) atoms. The smallest absolute Gasteiger partial charge is 0.240 e. The highest BCUT2D eigenvalue weighted by Crippen LogP contribution is 2.51. The maximum Gasteiger partial charge on any atom is 0.240 e. The molecule has 2 aromatic rings. The van der Waals surface area contributed by atoms with Crippen LogP contribution < -0.4 is 4.74 Å². The number of hydrogen-bond acceptors (Lipinski definition) is 3. The fourth-order valence-electron chi connectivity index (χ4n) is 6.47. The molecule has 1 saturated heterocycles. The number of ether oxygens (including phenoxy) is 1. The van der Waals surface area contributed by atoms with Crippen LogP contribution in [0.5, 0.6) is 5.75 Å². The van der Waals surface area contributed by atoms with E-state index >= 15 is 0 Å². The standard InChI is InChI=1S/C28H41N3O2.ClH/c1-6-13-31(14-7-2)27(32)26-24-17-23-20(4)19-29-25(23)18-28(24,12-15-30(26)8-3)21-10-9-11-22(16-21)33-5;/h9-11,16,19,24,26,29H,6-8,12-15,17-18H2,1-5H3;1H/t24?,26-,28-;/m0./s1. The lowest BCUT2D eigenvalue weighted by Crippen LogP contribution is -2.64. The van der Waals surface area contributed by atoms with E-state index in [1.165, 1.54) is 22.4 Å². The lowest BCUT2D eigenvalue weighted by Gasteiger charge is -2.55. The summed E-state index contributed by atoms with van der Waals surface area (Å²) in [4.78, 5) is 22.3. The number of rotatable bonds is 8. The Morgan fingerprint density at radius 2 is 1.97 bits per heavy atom. The summed E-state index contributed by atoms with van der Waals surface area (Å²) in [6.07, 6.45) is 7.10. The van der Waals surface area contributed by atoms with Gasteiger partial charge in [-0.1, -0.05) is 32.9 Å². The molecule has 1 unspecified atom stereocenters. The number of halogens is 1. The first kappa shape index (κ1) is 26.6. The van der Waals surface area contributed by atoms with Gasteiger partial charge in [-0.3, -0.25) is 9.69 Å². The Balaban J connectivity index is 0.00000324. The third-order valence-corrected chi connectivity index (χ3v) is 8.15. The number of H-pyrrole nitrogens is 1. The Morgan fingerprint density at radius 1 is 1.24 bits per heavy atom. The Labute approximate surface area is 211 Å². The van der Waals surface area contributed by atoms with Crippen LogP contribution in [0.1, 0.15) is 62.4 Å². The highest BCUT2D eigenvalue weighted by molar-refractivity contribution is 5.85. The number of carbonyl (C=O) groups excluding carboxylic acids is 1. The van der Waals surface area contributed by atoms with Crippen LogP contribution in [0.2, 0.25) is 0 Å². The highest BCUT2D eigenvalue weighted by Gasteiger charge is 2.54. The Morgan fingerprint density at radius 3 is 2.62 bits per heavy atom. The number of nitrogens with one attached hydrogen (secondary N) is 1. The van der Waals surface area contributed by atoms with Crippen molar-refractivity contribution >= 4 is 18.3 Å². The third-order valence-electron chi connectivity index (χ3n) is 8.15. The monoisotopic (exact) mass is 487 g/mol. The predicted molar refractivity (Wildman–Crippen MR) is 141 cm³/mol. The number of carbonyl (C=O) groups is 1. The van der Waals surface area contributed by atoms with Gasteiger partial charge < -0.3 is 14.6 Å². The summed E-state index contributed by atoms with van der Waals surface area (Å²) in [5.74, 6) is 1.46. The van der Waals surface area contributed by atoms with Crippen LogP contribution in [-0.4, -0.2) is 60.0 Å². The van der Waals surface area contributed by atoms with Crippen molar-refractivity contribution in [2.75, 3.05) is 33.3 Å². The summed E-state index contributed by atoms with van der Waals surface area (Å²) < 4.78 is 5.62. The van der Waals surface area contributed by atoms with Gasteiger partial charge in [-0.2, -0.15) is 0 Å². The van der Waals surface area contributed by atoms with Gasteiger partial charge in [0.2, 0.25) is 5.91 Å². The lowest BCUT2D eigenvalue weighted by atomic mass is 9.56. The third kappa shape index (κ3) is 4.61. The molecule has 2 aliphatic rings. The number of likely N-dealkylation sites (tertiary alicyclic amines) is 1. The van der Waals surface area contributed by atoms with E-state index in [1.54, 1.807) is 7.11 Å². The van der Waals surface area contributed by atoms with Gasteiger partial charge in [-0.05, 0) is 86.9 Å². The number of aromatic nitrogens is 1. The minimum atomic E-state index is -0.0875. The number of amides is 1. The van der Waals surface area contributed by atoms with Crippen LogP contribution in [0.4, 0.5) is 0 Å². The SMILES string of the molecule is CCCN(CCC)C(=O)[C@@H]1C2Cc3c(C)c[nH]c3C[C@]2(c2cccc(OC)c2)CCN1CC.Cl. The number of aryl methyl sites for hydroxylation is 1. The van der Waals surface area contributed by atoms with Gasteiger partial charge in [-0.25, -0.2) is 0 Å². The molecule has 188 valence electrons. The van der Waals surface area contributed by atoms with Gasteiger partial charge in [0, 0.05) is 30.4 Å². The molecule has 0 spiro atoms. The molecule has 1 aromatic carbocycles. The van der Waals surface area contributed by atoms with Crippen LogP contribution in [0.25, 0.3) is 0 Å². The van der Waals surface area contributed by atoms with E-state index in [9.17, 15) is 4.79 Å². The van der Waals surface area contributed by atoms with Crippen LogP contribution >= 0.6 is 12.4 Å². The van der Waals surface area contributed by atoms with Crippen LogP contribution in [0, 0.1) is 12.8 Å². The summed E-state index contributed by atoms with van der Waals surface area (Å²) in [5.41, 5.74) is 5.34. The fraction of sp³-hybridized carbons (Fsp3) is 0.607. The van der Waals surface area contributed by atoms with Crippen molar-refractivity contribution in [1.29, 1.82) is 0 Å². The molecule has 2 heterocycles. The van der Waals surface area contributed by atoms with Gasteiger partial charge >= 0.3 is 0 Å². The van der Waals surface area contributed by atoms with E-state index < -0.39 is 0 Å². The first-order valence-electron chi connectivity index (χ1n) is 12.8. The number of benzene rings is 1. The highest BCUT2D eigenvalue weighted by atomic mass is 35.5. The zero-order chi connectivity index (χ0) is 23.6.